The maximum absolute atomic E-state index is 14.0. The smallest absolute Gasteiger partial charge is 0.318 e. The standard InChI is InChI=1S/C20H24ClFN4O2/c1-25(2)11-12-26(14-15-5-3-4-6-18(15)22)20(28)23-13-19(27)24-17-9-7-16(21)8-10-17/h3-10H,11-14H2,1-2H3,(H,23,28)(H,24,27). The van der Waals surface area contributed by atoms with Crippen molar-refractivity contribution in [3.63, 3.8) is 0 Å². The first-order chi connectivity index (χ1) is 13.3. The predicted octanol–water partition coefficient (Wildman–Crippen LogP) is 3.19. The van der Waals surface area contributed by atoms with Gasteiger partial charge in [0.25, 0.3) is 0 Å². The van der Waals surface area contributed by atoms with Gasteiger partial charge in [-0.2, -0.15) is 0 Å². The molecule has 0 atom stereocenters. The third-order valence-corrected chi connectivity index (χ3v) is 4.20. The molecule has 2 rings (SSSR count). The number of anilines is 1. The molecule has 0 saturated heterocycles. The Labute approximate surface area is 169 Å². The van der Waals surface area contributed by atoms with Crippen molar-refractivity contribution in [3.8, 4) is 0 Å². The number of nitrogens with one attached hydrogen (secondary N) is 2. The Morgan fingerprint density at radius 3 is 2.36 bits per heavy atom. The average Bonchev–Trinajstić information content (AvgIpc) is 2.66. The Hall–Kier alpha value is -2.64. The molecule has 2 aromatic carbocycles. The fraction of sp³-hybridized carbons (Fsp3) is 0.300. The SMILES string of the molecule is CN(C)CCN(Cc1ccccc1F)C(=O)NCC(=O)Nc1ccc(Cl)cc1. The lowest BCUT2D eigenvalue weighted by atomic mass is 10.2. The van der Waals surface area contributed by atoms with Crippen molar-refractivity contribution in [2.24, 2.45) is 0 Å². The second kappa shape index (κ2) is 10.6. The molecule has 0 bridgehead atoms. The van der Waals surface area contributed by atoms with E-state index in [0.29, 0.717) is 29.4 Å². The number of halogens is 2. The van der Waals surface area contributed by atoms with Gasteiger partial charge >= 0.3 is 6.03 Å². The summed E-state index contributed by atoms with van der Waals surface area (Å²) in [4.78, 5) is 28.0. The van der Waals surface area contributed by atoms with E-state index in [0.717, 1.165) is 0 Å². The van der Waals surface area contributed by atoms with Gasteiger partial charge in [-0.1, -0.05) is 29.8 Å². The van der Waals surface area contributed by atoms with Gasteiger partial charge in [-0.25, -0.2) is 9.18 Å². The van der Waals surface area contributed by atoms with E-state index in [9.17, 15) is 14.0 Å². The van der Waals surface area contributed by atoms with Crippen molar-refractivity contribution in [2.45, 2.75) is 6.54 Å². The minimum atomic E-state index is -0.434. The van der Waals surface area contributed by atoms with Gasteiger partial charge in [0.15, 0.2) is 0 Å². The Morgan fingerprint density at radius 2 is 1.71 bits per heavy atom. The van der Waals surface area contributed by atoms with Crippen molar-refractivity contribution in [1.29, 1.82) is 0 Å². The quantitative estimate of drug-likeness (QED) is 0.707. The summed E-state index contributed by atoms with van der Waals surface area (Å²) in [5, 5.41) is 5.82. The van der Waals surface area contributed by atoms with Crippen molar-refractivity contribution >= 4 is 29.2 Å². The highest BCUT2D eigenvalue weighted by molar-refractivity contribution is 6.30. The number of nitrogens with zero attached hydrogens (tertiary/aromatic N) is 2. The first-order valence-electron chi connectivity index (χ1n) is 8.81. The molecule has 0 radical (unpaired) electrons. The van der Waals surface area contributed by atoms with Crippen LogP contribution in [0.15, 0.2) is 48.5 Å². The number of rotatable bonds is 8. The van der Waals surface area contributed by atoms with Crippen LogP contribution in [0.5, 0.6) is 0 Å². The topological polar surface area (TPSA) is 64.7 Å². The van der Waals surface area contributed by atoms with Gasteiger partial charge in [-0.05, 0) is 44.4 Å². The zero-order valence-electron chi connectivity index (χ0n) is 15.9. The Kier molecular flexibility index (Phi) is 8.22. The predicted molar refractivity (Wildman–Crippen MR) is 109 cm³/mol. The molecule has 150 valence electrons. The highest BCUT2D eigenvalue weighted by atomic mass is 35.5. The van der Waals surface area contributed by atoms with E-state index in [1.165, 1.54) is 11.0 Å². The largest absolute Gasteiger partial charge is 0.329 e. The van der Waals surface area contributed by atoms with Crippen molar-refractivity contribution in [2.75, 3.05) is 39.0 Å². The van der Waals surface area contributed by atoms with Gasteiger partial charge in [-0.15, -0.1) is 0 Å². The molecule has 0 aliphatic heterocycles. The van der Waals surface area contributed by atoms with Crippen molar-refractivity contribution in [3.05, 3.63) is 64.9 Å². The third kappa shape index (κ3) is 7.17. The second-order valence-corrected chi connectivity index (χ2v) is 6.97. The summed E-state index contributed by atoms with van der Waals surface area (Å²) < 4.78 is 14.0. The highest BCUT2D eigenvalue weighted by Gasteiger charge is 2.17. The molecule has 6 nitrogen and oxygen atoms in total. The van der Waals surface area contributed by atoms with Crippen molar-refractivity contribution < 1.29 is 14.0 Å². The van der Waals surface area contributed by atoms with Crippen LogP contribution in [0.1, 0.15) is 5.56 Å². The number of urea groups is 1. The van der Waals surface area contributed by atoms with E-state index in [-0.39, 0.29) is 24.8 Å². The van der Waals surface area contributed by atoms with Crippen LogP contribution in [-0.2, 0) is 11.3 Å². The summed E-state index contributed by atoms with van der Waals surface area (Å²) in [6, 6.07) is 12.5. The summed E-state index contributed by atoms with van der Waals surface area (Å²) in [6.45, 7) is 0.924. The van der Waals surface area contributed by atoms with Gasteiger partial charge in [0, 0.05) is 29.4 Å². The molecule has 0 heterocycles. The molecule has 0 spiro atoms. The van der Waals surface area contributed by atoms with E-state index in [1.807, 2.05) is 19.0 Å². The summed E-state index contributed by atoms with van der Waals surface area (Å²) in [6.07, 6.45) is 0. The zero-order chi connectivity index (χ0) is 20.5. The van der Waals surface area contributed by atoms with Crippen molar-refractivity contribution in [1.82, 2.24) is 15.1 Å². The van der Waals surface area contributed by atoms with E-state index in [2.05, 4.69) is 10.6 Å². The van der Waals surface area contributed by atoms with E-state index in [4.69, 9.17) is 11.6 Å². The molecular formula is C20H24ClFN4O2. The molecule has 8 heteroatoms. The van der Waals surface area contributed by atoms with Crippen LogP contribution in [-0.4, -0.2) is 55.5 Å². The number of benzene rings is 2. The molecule has 28 heavy (non-hydrogen) atoms. The number of likely N-dealkylation sites (N-methyl/N-ethyl adjacent to an activating group) is 1. The fourth-order valence-electron chi connectivity index (χ4n) is 2.41. The average molecular weight is 407 g/mol. The molecule has 0 aromatic heterocycles. The molecule has 2 aromatic rings. The third-order valence-electron chi connectivity index (χ3n) is 3.95. The number of hydrogen-bond donors (Lipinski definition) is 2. The molecule has 0 aliphatic rings. The van der Waals surface area contributed by atoms with Crippen LogP contribution in [0, 0.1) is 5.82 Å². The lowest BCUT2D eigenvalue weighted by Crippen LogP contribution is -2.45. The molecule has 0 fully saturated rings. The maximum Gasteiger partial charge on any atom is 0.318 e. The monoisotopic (exact) mass is 406 g/mol. The molecule has 0 unspecified atom stereocenters. The van der Waals surface area contributed by atoms with Crippen LogP contribution in [0.3, 0.4) is 0 Å². The number of carbonyl (C=O) groups excluding carboxylic acids is 2. The number of hydrogen-bond acceptors (Lipinski definition) is 3. The van der Waals surface area contributed by atoms with Crippen LogP contribution in [0.2, 0.25) is 5.02 Å². The molecule has 2 N–H and O–H groups in total. The Balaban J connectivity index is 1.94. The summed E-state index contributed by atoms with van der Waals surface area (Å²) in [7, 11) is 3.78. The van der Waals surface area contributed by atoms with Gasteiger partial charge < -0.3 is 20.4 Å². The first-order valence-corrected chi connectivity index (χ1v) is 9.19. The van der Waals surface area contributed by atoms with E-state index in [1.54, 1.807) is 42.5 Å². The second-order valence-electron chi connectivity index (χ2n) is 6.53. The lowest BCUT2D eigenvalue weighted by Gasteiger charge is -2.25. The highest BCUT2D eigenvalue weighted by Crippen LogP contribution is 2.13. The molecular weight excluding hydrogens is 383 g/mol. The summed E-state index contributed by atoms with van der Waals surface area (Å²) in [5.41, 5.74) is 1.00. The minimum Gasteiger partial charge on any atom is -0.329 e. The number of carbonyl (C=O) groups is 2. The fourth-order valence-corrected chi connectivity index (χ4v) is 2.54. The van der Waals surface area contributed by atoms with Gasteiger partial charge in [0.05, 0.1) is 13.1 Å². The van der Waals surface area contributed by atoms with Crippen LogP contribution in [0.4, 0.5) is 14.9 Å². The van der Waals surface area contributed by atoms with E-state index < -0.39 is 6.03 Å². The number of amides is 3. The Morgan fingerprint density at radius 1 is 1.04 bits per heavy atom. The van der Waals surface area contributed by atoms with Gasteiger partial charge in [0.1, 0.15) is 5.82 Å². The van der Waals surface area contributed by atoms with Gasteiger partial charge in [-0.3, -0.25) is 4.79 Å². The van der Waals surface area contributed by atoms with Crippen LogP contribution in [0.25, 0.3) is 0 Å². The van der Waals surface area contributed by atoms with E-state index >= 15 is 0 Å². The normalized spacial score (nSPS) is 10.6. The molecule has 0 aliphatic carbocycles. The minimum absolute atomic E-state index is 0.116. The summed E-state index contributed by atoms with van der Waals surface area (Å²) in [5.74, 6) is -0.736. The maximum atomic E-state index is 14.0. The van der Waals surface area contributed by atoms with Gasteiger partial charge in [0.2, 0.25) is 5.91 Å². The zero-order valence-corrected chi connectivity index (χ0v) is 16.7. The van der Waals surface area contributed by atoms with Crippen LogP contribution < -0.4 is 10.6 Å². The molecule has 3 amide bonds. The first kappa shape index (κ1) is 21.7. The summed E-state index contributed by atoms with van der Waals surface area (Å²) >= 11 is 5.81. The Bertz CT molecular complexity index is 799. The molecule has 0 saturated carbocycles. The lowest BCUT2D eigenvalue weighted by molar-refractivity contribution is -0.115. The van der Waals surface area contributed by atoms with Crippen LogP contribution >= 0.6 is 11.6 Å².